The zero-order valence-electron chi connectivity index (χ0n) is 8.35. The van der Waals surface area contributed by atoms with Gasteiger partial charge in [0, 0.05) is 0 Å². The Morgan fingerprint density at radius 2 is 2.29 bits per heavy atom. The van der Waals surface area contributed by atoms with Gasteiger partial charge in [0.1, 0.15) is 12.1 Å². The second kappa shape index (κ2) is 4.06. The van der Waals surface area contributed by atoms with Crippen LogP contribution in [0.2, 0.25) is 0 Å². The Labute approximate surface area is 94.7 Å². The van der Waals surface area contributed by atoms with Gasteiger partial charge in [0.15, 0.2) is 5.69 Å². The largest absolute Gasteiger partial charge is 0.476 e. The molecule has 6 heteroatoms. The maximum absolute atomic E-state index is 13.5. The maximum Gasteiger partial charge on any atom is 0.357 e. The number of hydrogen-bond acceptors (Lipinski definition) is 4. The summed E-state index contributed by atoms with van der Waals surface area (Å²) in [5, 5.41) is 17.2. The highest BCUT2D eigenvalue weighted by Gasteiger charge is 2.15. The third kappa shape index (κ3) is 1.99. The van der Waals surface area contributed by atoms with Gasteiger partial charge in [-0.3, -0.25) is 0 Å². The van der Waals surface area contributed by atoms with E-state index >= 15 is 0 Å². The first kappa shape index (κ1) is 10.8. The lowest BCUT2D eigenvalue weighted by Gasteiger charge is -1.97. The first-order valence-electron chi connectivity index (χ1n) is 4.50. The zero-order valence-corrected chi connectivity index (χ0v) is 8.35. The lowest BCUT2D eigenvalue weighted by Crippen LogP contribution is -1.96. The van der Waals surface area contributed by atoms with Crippen molar-refractivity contribution in [3.63, 3.8) is 0 Å². The van der Waals surface area contributed by atoms with Crippen LogP contribution in [0.15, 0.2) is 28.9 Å². The van der Waals surface area contributed by atoms with Gasteiger partial charge in [-0.05, 0) is 18.2 Å². The van der Waals surface area contributed by atoms with Gasteiger partial charge in [-0.2, -0.15) is 5.26 Å². The number of halogens is 1. The van der Waals surface area contributed by atoms with Crippen LogP contribution in [-0.2, 0) is 0 Å². The maximum atomic E-state index is 13.5. The molecule has 1 heterocycles. The summed E-state index contributed by atoms with van der Waals surface area (Å²) in [4.78, 5) is 14.2. The predicted octanol–water partition coefficient (Wildman–Crippen LogP) is 2.05. The van der Waals surface area contributed by atoms with Gasteiger partial charge in [0.05, 0.1) is 17.2 Å². The standard InChI is InChI=1S/C11H5FN2O3/c12-8-3-6(4-13)1-2-7(8)10-14-9(5-17-10)11(15)16/h1-3,5H,(H,15,16). The molecule has 0 aliphatic carbocycles. The monoisotopic (exact) mass is 232 g/mol. The van der Waals surface area contributed by atoms with E-state index in [9.17, 15) is 9.18 Å². The average molecular weight is 232 g/mol. The number of nitrogens with zero attached hydrogens (tertiary/aromatic N) is 2. The van der Waals surface area contributed by atoms with Gasteiger partial charge in [-0.1, -0.05) is 0 Å². The minimum absolute atomic E-state index is 0.0106. The third-order valence-corrected chi connectivity index (χ3v) is 2.05. The van der Waals surface area contributed by atoms with Crippen LogP contribution in [0.25, 0.3) is 11.5 Å². The highest BCUT2D eigenvalue weighted by molar-refractivity contribution is 5.85. The Bertz CT molecular complexity index is 628. The van der Waals surface area contributed by atoms with Crippen LogP contribution < -0.4 is 0 Å². The first-order chi connectivity index (χ1) is 8.11. The molecule has 1 N–H and O–H groups in total. The normalized spacial score (nSPS) is 9.88. The number of carbonyl (C=O) groups is 1. The van der Waals surface area contributed by atoms with E-state index in [0.717, 1.165) is 12.3 Å². The lowest BCUT2D eigenvalue weighted by atomic mass is 10.1. The summed E-state index contributed by atoms with van der Waals surface area (Å²) < 4.78 is 18.4. The van der Waals surface area contributed by atoms with Crippen LogP contribution in [0.4, 0.5) is 4.39 Å². The molecule has 0 aliphatic heterocycles. The van der Waals surface area contributed by atoms with Gasteiger partial charge in [-0.15, -0.1) is 0 Å². The van der Waals surface area contributed by atoms with E-state index in [0.29, 0.717) is 0 Å². The lowest BCUT2D eigenvalue weighted by molar-refractivity contribution is 0.0690. The first-order valence-corrected chi connectivity index (χ1v) is 4.50. The summed E-state index contributed by atoms with van der Waals surface area (Å²) in [6, 6.07) is 5.52. The fraction of sp³-hybridized carbons (Fsp3) is 0. The summed E-state index contributed by atoms with van der Waals surface area (Å²) in [5.74, 6) is -2.08. The molecule has 84 valence electrons. The minimum atomic E-state index is -1.26. The Balaban J connectivity index is 2.46. The summed E-state index contributed by atoms with van der Waals surface area (Å²) in [7, 11) is 0. The zero-order chi connectivity index (χ0) is 12.4. The average Bonchev–Trinajstić information content (AvgIpc) is 2.78. The van der Waals surface area contributed by atoms with E-state index in [1.807, 2.05) is 0 Å². The molecule has 0 bridgehead atoms. The van der Waals surface area contributed by atoms with Gasteiger partial charge in [0.25, 0.3) is 0 Å². The third-order valence-electron chi connectivity index (χ3n) is 2.05. The Kier molecular flexibility index (Phi) is 2.58. The number of carboxylic acids is 1. The molecule has 0 amide bonds. The molecule has 0 spiro atoms. The molecule has 0 saturated heterocycles. The number of oxazole rings is 1. The molecule has 2 rings (SSSR count). The smallest absolute Gasteiger partial charge is 0.357 e. The van der Waals surface area contributed by atoms with E-state index in [2.05, 4.69) is 4.98 Å². The number of hydrogen-bond donors (Lipinski definition) is 1. The highest BCUT2D eigenvalue weighted by Crippen LogP contribution is 2.22. The van der Waals surface area contributed by atoms with Gasteiger partial charge < -0.3 is 9.52 Å². The van der Waals surface area contributed by atoms with Crippen molar-refractivity contribution in [1.82, 2.24) is 4.98 Å². The molecular weight excluding hydrogens is 227 g/mol. The Morgan fingerprint density at radius 1 is 1.53 bits per heavy atom. The van der Waals surface area contributed by atoms with E-state index in [-0.39, 0.29) is 22.7 Å². The minimum Gasteiger partial charge on any atom is -0.476 e. The second-order valence-electron chi connectivity index (χ2n) is 3.15. The number of carboxylic acid groups (broad SMARTS) is 1. The van der Waals surface area contributed by atoms with Crippen molar-refractivity contribution in [2.45, 2.75) is 0 Å². The SMILES string of the molecule is N#Cc1ccc(-c2nc(C(=O)O)co2)c(F)c1. The quantitative estimate of drug-likeness (QED) is 0.856. The Morgan fingerprint density at radius 3 is 2.82 bits per heavy atom. The van der Waals surface area contributed by atoms with Crippen LogP contribution in [0.3, 0.4) is 0 Å². The molecule has 17 heavy (non-hydrogen) atoms. The molecule has 1 aromatic heterocycles. The van der Waals surface area contributed by atoms with Crippen LogP contribution in [0, 0.1) is 17.1 Å². The van der Waals surface area contributed by atoms with Crippen molar-refractivity contribution in [2.24, 2.45) is 0 Å². The summed E-state index contributed by atoms with van der Waals surface area (Å²) in [5.41, 5.74) is -0.128. The Hall–Kier alpha value is -2.68. The summed E-state index contributed by atoms with van der Waals surface area (Å²) in [6.07, 6.45) is 0.926. The fourth-order valence-electron chi connectivity index (χ4n) is 1.25. The number of benzene rings is 1. The van der Waals surface area contributed by atoms with E-state index < -0.39 is 11.8 Å². The molecule has 0 aliphatic rings. The molecule has 5 nitrogen and oxygen atoms in total. The molecule has 0 saturated carbocycles. The molecule has 1 aromatic carbocycles. The number of aromatic carboxylic acids is 1. The summed E-state index contributed by atoms with van der Waals surface area (Å²) in [6.45, 7) is 0. The number of nitriles is 1. The molecule has 0 radical (unpaired) electrons. The predicted molar refractivity (Wildman–Crippen MR) is 53.6 cm³/mol. The molecule has 2 aromatic rings. The van der Waals surface area contributed by atoms with Gasteiger partial charge in [-0.25, -0.2) is 14.2 Å². The van der Waals surface area contributed by atoms with E-state index in [4.69, 9.17) is 14.8 Å². The molecule has 0 atom stereocenters. The fourth-order valence-corrected chi connectivity index (χ4v) is 1.25. The summed E-state index contributed by atoms with van der Waals surface area (Å²) >= 11 is 0. The second-order valence-corrected chi connectivity index (χ2v) is 3.15. The van der Waals surface area contributed by atoms with Gasteiger partial charge in [0.2, 0.25) is 5.89 Å². The highest BCUT2D eigenvalue weighted by atomic mass is 19.1. The van der Waals surface area contributed by atoms with Crippen molar-refractivity contribution in [2.75, 3.05) is 0 Å². The van der Waals surface area contributed by atoms with Gasteiger partial charge >= 0.3 is 5.97 Å². The van der Waals surface area contributed by atoms with Crippen molar-refractivity contribution >= 4 is 5.97 Å². The molecule has 0 fully saturated rings. The van der Waals surface area contributed by atoms with Crippen LogP contribution >= 0.6 is 0 Å². The van der Waals surface area contributed by atoms with Crippen LogP contribution in [-0.4, -0.2) is 16.1 Å². The van der Waals surface area contributed by atoms with Crippen LogP contribution in [0.1, 0.15) is 16.1 Å². The van der Waals surface area contributed by atoms with Crippen molar-refractivity contribution in [1.29, 1.82) is 5.26 Å². The van der Waals surface area contributed by atoms with Crippen molar-refractivity contribution in [3.8, 4) is 17.5 Å². The van der Waals surface area contributed by atoms with E-state index in [1.54, 1.807) is 6.07 Å². The van der Waals surface area contributed by atoms with Crippen molar-refractivity contribution in [3.05, 3.63) is 41.5 Å². The van der Waals surface area contributed by atoms with E-state index in [1.165, 1.54) is 12.1 Å². The molecular formula is C11H5FN2O3. The molecule has 0 unspecified atom stereocenters. The topological polar surface area (TPSA) is 87.1 Å². The van der Waals surface area contributed by atoms with Crippen molar-refractivity contribution < 1.29 is 18.7 Å². The number of aromatic nitrogens is 1. The van der Waals surface area contributed by atoms with Crippen LogP contribution in [0.5, 0.6) is 0 Å². The number of rotatable bonds is 2.